The molecule has 0 radical (unpaired) electrons. The predicted octanol–water partition coefficient (Wildman–Crippen LogP) is 3.83. The molecule has 17 heavy (non-hydrogen) atoms. The maximum absolute atomic E-state index is 5.88. The van der Waals surface area contributed by atoms with Crippen LogP contribution in [0.2, 0.25) is 0 Å². The van der Waals surface area contributed by atoms with Crippen molar-refractivity contribution in [2.45, 2.75) is 30.7 Å². The Balaban J connectivity index is 2.05. The number of nitrogens with zero attached hydrogens (tertiary/aromatic N) is 1. The van der Waals surface area contributed by atoms with Crippen LogP contribution in [0.25, 0.3) is 0 Å². The van der Waals surface area contributed by atoms with Crippen molar-refractivity contribution in [1.29, 1.82) is 0 Å². The van der Waals surface area contributed by atoms with Gasteiger partial charge in [-0.1, -0.05) is 18.2 Å². The van der Waals surface area contributed by atoms with Gasteiger partial charge in [-0.05, 0) is 25.5 Å². The Morgan fingerprint density at radius 2 is 2.18 bits per heavy atom. The second-order valence-corrected chi connectivity index (χ2v) is 6.26. The van der Waals surface area contributed by atoms with Crippen molar-refractivity contribution < 1.29 is 0 Å². The molecule has 1 nitrogen and oxygen atoms in total. The molecule has 0 fully saturated rings. The lowest BCUT2D eigenvalue weighted by molar-refractivity contribution is 0.225. The molecule has 0 aliphatic carbocycles. The zero-order valence-corrected chi connectivity index (χ0v) is 12.1. The highest BCUT2D eigenvalue weighted by atomic mass is 35.5. The van der Waals surface area contributed by atoms with E-state index >= 15 is 0 Å². The number of benzene rings is 1. The molecule has 1 aliphatic rings. The third kappa shape index (κ3) is 3.18. The third-order valence-corrected chi connectivity index (χ3v) is 4.78. The van der Waals surface area contributed by atoms with Crippen LogP contribution in [0.5, 0.6) is 0 Å². The van der Waals surface area contributed by atoms with Gasteiger partial charge in [0.25, 0.3) is 0 Å². The summed E-state index contributed by atoms with van der Waals surface area (Å²) < 4.78 is 0. The second kappa shape index (κ2) is 6.12. The summed E-state index contributed by atoms with van der Waals surface area (Å²) in [4.78, 5) is 3.95. The van der Waals surface area contributed by atoms with Crippen LogP contribution in [0.1, 0.15) is 25.3 Å². The Hall–Kier alpha value is -0.180. The van der Waals surface area contributed by atoms with Crippen LogP contribution in [-0.4, -0.2) is 35.7 Å². The zero-order chi connectivity index (χ0) is 12.3. The third-order valence-electron chi connectivity index (χ3n) is 3.36. The summed E-state index contributed by atoms with van der Waals surface area (Å²) in [5.41, 5.74) is 1.53. The van der Waals surface area contributed by atoms with Gasteiger partial charge in [-0.3, -0.25) is 4.90 Å². The lowest BCUT2D eigenvalue weighted by Crippen LogP contribution is -2.36. The second-order valence-electron chi connectivity index (χ2n) is 4.82. The van der Waals surface area contributed by atoms with Crippen LogP contribution in [-0.2, 0) is 0 Å². The molecule has 3 heteroatoms. The molecule has 0 aromatic heterocycles. The number of hydrogen-bond acceptors (Lipinski definition) is 2. The van der Waals surface area contributed by atoms with Gasteiger partial charge in [0.2, 0.25) is 0 Å². The minimum absolute atomic E-state index is 0.575. The maximum atomic E-state index is 5.88. The molecule has 0 saturated heterocycles. The minimum Gasteiger partial charge on any atom is -0.299 e. The van der Waals surface area contributed by atoms with Crippen LogP contribution >= 0.6 is 23.4 Å². The van der Waals surface area contributed by atoms with E-state index in [-0.39, 0.29) is 0 Å². The van der Waals surface area contributed by atoms with E-state index in [4.69, 9.17) is 11.6 Å². The summed E-state index contributed by atoms with van der Waals surface area (Å²) in [6.45, 7) is 6.62. The number of rotatable bonds is 5. The highest BCUT2D eigenvalue weighted by Crippen LogP contribution is 2.39. The quantitative estimate of drug-likeness (QED) is 0.748. The SMILES string of the molecule is CC(C)N(CCCl)CC1CSc2ccccc21. The molecule has 2 rings (SSSR count). The number of thioether (sulfide) groups is 1. The van der Waals surface area contributed by atoms with Crippen molar-refractivity contribution in [2.75, 3.05) is 24.7 Å². The van der Waals surface area contributed by atoms with E-state index in [0.29, 0.717) is 12.0 Å². The molecule has 94 valence electrons. The smallest absolute Gasteiger partial charge is 0.0351 e. The molecule has 0 bridgehead atoms. The van der Waals surface area contributed by atoms with Gasteiger partial charge < -0.3 is 0 Å². The molecule has 0 amide bonds. The molecular weight excluding hydrogens is 250 g/mol. The van der Waals surface area contributed by atoms with Gasteiger partial charge in [-0.25, -0.2) is 0 Å². The average molecular weight is 270 g/mol. The van der Waals surface area contributed by atoms with Gasteiger partial charge in [-0.15, -0.1) is 23.4 Å². The van der Waals surface area contributed by atoms with Crippen molar-refractivity contribution in [2.24, 2.45) is 0 Å². The number of fused-ring (bicyclic) bond motifs is 1. The first-order valence-electron chi connectivity index (χ1n) is 6.24. The lowest BCUT2D eigenvalue weighted by Gasteiger charge is -2.28. The Labute approximate surface area is 114 Å². The number of halogens is 1. The summed E-state index contributed by atoms with van der Waals surface area (Å²) in [6, 6.07) is 9.37. The first kappa shape index (κ1) is 13.3. The van der Waals surface area contributed by atoms with Crippen molar-refractivity contribution in [3.8, 4) is 0 Å². The van der Waals surface area contributed by atoms with Gasteiger partial charge in [0.1, 0.15) is 0 Å². The van der Waals surface area contributed by atoms with Crippen LogP contribution in [0.3, 0.4) is 0 Å². The molecule has 1 aliphatic heterocycles. The Morgan fingerprint density at radius 1 is 1.41 bits per heavy atom. The Kier molecular flexibility index (Phi) is 4.78. The van der Waals surface area contributed by atoms with E-state index in [1.165, 1.54) is 16.2 Å². The van der Waals surface area contributed by atoms with Gasteiger partial charge in [0, 0.05) is 41.6 Å². The topological polar surface area (TPSA) is 3.24 Å². The molecular formula is C14H20ClNS. The zero-order valence-electron chi connectivity index (χ0n) is 10.5. The number of hydrogen-bond donors (Lipinski definition) is 0. The molecule has 1 atom stereocenters. The van der Waals surface area contributed by atoms with Crippen LogP contribution < -0.4 is 0 Å². The van der Waals surface area contributed by atoms with E-state index in [2.05, 4.69) is 43.0 Å². The summed E-state index contributed by atoms with van der Waals surface area (Å²) in [6.07, 6.45) is 0. The maximum Gasteiger partial charge on any atom is 0.0351 e. The van der Waals surface area contributed by atoms with Crippen LogP contribution in [0.4, 0.5) is 0 Å². The highest BCUT2D eigenvalue weighted by molar-refractivity contribution is 7.99. The molecule has 1 aromatic carbocycles. The van der Waals surface area contributed by atoms with E-state index in [0.717, 1.165) is 19.0 Å². The van der Waals surface area contributed by atoms with Crippen LogP contribution in [0.15, 0.2) is 29.2 Å². The number of alkyl halides is 1. The average Bonchev–Trinajstić information content (AvgIpc) is 2.72. The summed E-state index contributed by atoms with van der Waals surface area (Å²) >= 11 is 7.87. The van der Waals surface area contributed by atoms with Gasteiger partial charge in [0.05, 0.1) is 0 Å². The molecule has 0 N–H and O–H groups in total. The molecule has 1 aromatic rings. The molecule has 0 saturated carbocycles. The highest BCUT2D eigenvalue weighted by Gasteiger charge is 2.25. The van der Waals surface area contributed by atoms with E-state index in [1.807, 2.05) is 11.8 Å². The van der Waals surface area contributed by atoms with Gasteiger partial charge in [-0.2, -0.15) is 0 Å². The first-order valence-corrected chi connectivity index (χ1v) is 7.76. The van der Waals surface area contributed by atoms with Gasteiger partial charge in [0.15, 0.2) is 0 Å². The summed E-state index contributed by atoms with van der Waals surface area (Å²) in [7, 11) is 0. The Morgan fingerprint density at radius 3 is 2.88 bits per heavy atom. The van der Waals surface area contributed by atoms with Crippen molar-refractivity contribution >= 4 is 23.4 Å². The minimum atomic E-state index is 0.575. The fourth-order valence-electron chi connectivity index (χ4n) is 2.33. The summed E-state index contributed by atoms with van der Waals surface area (Å²) in [5, 5.41) is 0. The first-order chi connectivity index (χ1) is 8.22. The van der Waals surface area contributed by atoms with Crippen molar-refractivity contribution in [1.82, 2.24) is 4.90 Å². The van der Waals surface area contributed by atoms with E-state index < -0.39 is 0 Å². The summed E-state index contributed by atoms with van der Waals surface area (Å²) in [5.74, 6) is 2.60. The largest absolute Gasteiger partial charge is 0.299 e. The van der Waals surface area contributed by atoms with Crippen molar-refractivity contribution in [3.05, 3.63) is 29.8 Å². The monoisotopic (exact) mass is 269 g/mol. The fourth-order valence-corrected chi connectivity index (χ4v) is 3.79. The van der Waals surface area contributed by atoms with Crippen LogP contribution in [0, 0.1) is 0 Å². The molecule has 1 unspecified atom stereocenters. The standard InChI is InChI=1S/C14H20ClNS/c1-11(2)16(8-7-15)9-12-10-17-14-6-4-3-5-13(12)14/h3-6,11-12H,7-10H2,1-2H3. The Bertz CT molecular complexity index is 367. The molecule has 1 heterocycles. The van der Waals surface area contributed by atoms with E-state index in [1.54, 1.807) is 0 Å². The predicted molar refractivity (Wildman–Crippen MR) is 77.3 cm³/mol. The van der Waals surface area contributed by atoms with Crippen molar-refractivity contribution in [3.63, 3.8) is 0 Å². The fraction of sp³-hybridized carbons (Fsp3) is 0.571. The van der Waals surface area contributed by atoms with Gasteiger partial charge >= 0.3 is 0 Å². The molecule has 0 spiro atoms. The normalized spacial score (nSPS) is 19.0. The lowest BCUT2D eigenvalue weighted by atomic mass is 10.0. The van der Waals surface area contributed by atoms with E-state index in [9.17, 15) is 0 Å².